The maximum atomic E-state index is 13.6. The molecule has 1 saturated carbocycles. The second-order valence-corrected chi connectivity index (χ2v) is 5.60. The summed E-state index contributed by atoms with van der Waals surface area (Å²) in [5.74, 6) is -3.38. The van der Waals surface area contributed by atoms with Gasteiger partial charge in [-0.25, -0.2) is 8.78 Å². The number of carbonyl (C=O) groups is 1. The van der Waals surface area contributed by atoms with Gasteiger partial charge in [-0.05, 0) is 19.7 Å². The molecule has 1 atom stereocenters. The Balaban J connectivity index is 1.93. The van der Waals surface area contributed by atoms with Gasteiger partial charge in [0.15, 0.2) is 5.78 Å². The number of rotatable bonds is 7. The van der Waals surface area contributed by atoms with Crippen LogP contribution in [0.1, 0.15) is 12.0 Å². The number of hydrogen-bond donors (Lipinski definition) is 0. The van der Waals surface area contributed by atoms with Gasteiger partial charge in [0.2, 0.25) is 0 Å². The van der Waals surface area contributed by atoms with E-state index in [1.807, 2.05) is 30.3 Å². The largest absolute Gasteiger partial charge is 0.375 e. The van der Waals surface area contributed by atoms with E-state index in [2.05, 4.69) is 0 Å². The van der Waals surface area contributed by atoms with Crippen LogP contribution in [0.4, 0.5) is 8.78 Å². The van der Waals surface area contributed by atoms with Crippen LogP contribution >= 0.6 is 0 Å². The first-order valence-corrected chi connectivity index (χ1v) is 6.55. The van der Waals surface area contributed by atoms with Gasteiger partial charge in [0, 0.05) is 6.42 Å². The summed E-state index contributed by atoms with van der Waals surface area (Å²) >= 11 is 0. The summed E-state index contributed by atoms with van der Waals surface area (Å²) < 4.78 is 32.5. The fourth-order valence-corrected chi connectivity index (χ4v) is 2.23. The summed E-state index contributed by atoms with van der Waals surface area (Å²) in [5.41, 5.74) is -0.710. The normalized spacial score (nSPS) is 23.9. The molecule has 0 amide bonds. The molecule has 1 fully saturated rings. The molecule has 1 aliphatic rings. The molecule has 0 radical (unpaired) electrons. The molecule has 1 aromatic rings. The van der Waals surface area contributed by atoms with Crippen LogP contribution in [-0.2, 0) is 16.1 Å². The van der Waals surface area contributed by atoms with E-state index in [-0.39, 0.29) is 19.8 Å². The van der Waals surface area contributed by atoms with Crippen molar-refractivity contribution in [3.63, 3.8) is 0 Å². The minimum atomic E-state index is -2.93. The monoisotopic (exact) mass is 283 g/mol. The highest BCUT2D eigenvalue weighted by Crippen LogP contribution is 2.61. The van der Waals surface area contributed by atoms with Gasteiger partial charge in [-0.3, -0.25) is 4.79 Å². The van der Waals surface area contributed by atoms with Gasteiger partial charge in [-0.2, -0.15) is 0 Å². The van der Waals surface area contributed by atoms with Crippen molar-refractivity contribution in [3.05, 3.63) is 35.9 Å². The number of likely N-dealkylation sites (N-methyl/N-ethyl adjacent to an activating group) is 1. The average Bonchev–Trinajstić information content (AvgIpc) is 2.93. The maximum absolute atomic E-state index is 13.6. The Morgan fingerprint density at radius 2 is 1.90 bits per heavy atom. The number of ketones is 1. The second-order valence-electron chi connectivity index (χ2n) is 5.60. The number of halogens is 2. The van der Waals surface area contributed by atoms with E-state index in [9.17, 15) is 13.6 Å². The van der Waals surface area contributed by atoms with Gasteiger partial charge >= 0.3 is 0 Å². The van der Waals surface area contributed by atoms with Crippen LogP contribution in [0.5, 0.6) is 0 Å². The number of benzene rings is 1. The molecule has 0 N–H and O–H groups in total. The van der Waals surface area contributed by atoms with Crippen LogP contribution in [0.15, 0.2) is 30.3 Å². The summed E-state index contributed by atoms with van der Waals surface area (Å²) in [6.45, 7) is 0.0414. The smallest absolute Gasteiger partial charge is 0.264 e. The molecule has 0 heterocycles. The Kier molecular flexibility index (Phi) is 4.20. The quantitative estimate of drug-likeness (QED) is 0.769. The van der Waals surface area contributed by atoms with Crippen molar-refractivity contribution in [2.24, 2.45) is 5.41 Å². The first-order valence-electron chi connectivity index (χ1n) is 6.55. The molecule has 0 spiro atoms. The zero-order chi connectivity index (χ0) is 14.8. The first kappa shape index (κ1) is 15.1. The van der Waals surface area contributed by atoms with Crippen molar-refractivity contribution >= 4 is 5.78 Å². The van der Waals surface area contributed by atoms with E-state index >= 15 is 0 Å². The Labute approximate surface area is 117 Å². The highest BCUT2D eigenvalue weighted by atomic mass is 19.3. The van der Waals surface area contributed by atoms with Crippen LogP contribution in [-0.4, -0.2) is 43.9 Å². The van der Waals surface area contributed by atoms with E-state index in [1.165, 1.54) is 0 Å². The SMILES string of the molecule is CN(C)CC(=O)[C@]1(COCc2ccccc2)CC1(F)F. The number of nitrogens with zero attached hydrogens (tertiary/aromatic N) is 1. The number of carbonyl (C=O) groups excluding carboxylic acids is 1. The third-order valence-electron chi connectivity index (χ3n) is 3.55. The molecule has 0 bridgehead atoms. The predicted molar refractivity (Wildman–Crippen MR) is 71.7 cm³/mol. The van der Waals surface area contributed by atoms with Gasteiger partial charge in [0.05, 0.1) is 19.8 Å². The average molecular weight is 283 g/mol. The van der Waals surface area contributed by atoms with Gasteiger partial charge < -0.3 is 9.64 Å². The molecule has 110 valence electrons. The third-order valence-corrected chi connectivity index (χ3v) is 3.55. The molecule has 1 aromatic carbocycles. The van der Waals surface area contributed by atoms with Crippen molar-refractivity contribution < 1.29 is 18.3 Å². The van der Waals surface area contributed by atoms with Crippen LogP contribution < -0.4 is 0 Å². The Hall–Kier alpha value is -1.33. The standard InChI is InChI=1S/C15H19F2NO2/c1-18(2)8-13(19)14(10-15(14,16)17)11-20-9-12-6-4-3-5-7-12/h3-7H,8-11H2,1-2H3/t14-/m1/s1. The number of ether oxygens (including phenoxy) is 1. The lowest BCUT2D eigenvalue weighted by molar-refractivity contribution is -0.132. The summed E-state index contributed by atoms with van der Waals surface area (Å²) in [4.78, 5) is 13.6. The molecule has 0 saturated heterocycles. The van der Waals surface area contributed by atoms with Gasteiger partial charge in [0.25, 0.3) is 5.92 Å². The Bertz CT molecular complexity index is 476. The Morgan fingerprint density at radius 3 is 2.40 bits per heavy atom. The molecular weight excluding hydrogens is 264 g/mol. The zero-order valence-electron chi connectivity index (χ0n) is 11.7. The summed E-state index contributed by atoms with van der Waals surface area (Å²) in [5, 5.41) is 0. The predicted octanol–water partition coefficient (Wildman–Crippen LogP) is 2.36. The van der Waals surface area contributed by atoms with Gasteiger partial charge in [0.1, 0.15) is 5.41 Å². The topological polar surface area (TPSA) is 29.5 Å². The number of Topliss-reactive ketones (excluding diaryl/α,β-unsaturated/α-hetero) is 1. The van der Waals surface area contributed by atoms with E-state index in [0.717, 1.165) is 5.56 Å². The lowest BCUT2D eigenvalue weighted by Crippen LogP contribution is -2.35. The molecule has 3 nitrogen and oxygen atoms in total. The molecule has 20 heavy (non-hydrogen) atoms. The third kappa shape index (κ3) is 3.04. The molecule has 0 aromatic heterocycles. The molecular formula is C15H19F2NO2. The van der Waals surface area contributed by atoms with E-state index < -0.39 is 23.5 Å². The van der Waals surface area contributed by atoms with E-state index in [1.54, 1.807) is 19.0 Å². The minimum absolute atomic E-state index is 0.0181. The van der Waals surface area contributed by atoms with Crippen molar-refractivity contribution in [2.45, 2.75) is 19.0 Å². The van der Waals surface area contributed by atoms with E-state index in [4.69, 9.17) is 4.74 Å². The van der Waals surface area contributed by atoms with Crippen LogP contribution in [0.3, 0.4) is 0 Å². The Morgan fingerprint density at radius 1 is 1.30 bits per heavy atom. The molecule has 1 aliphatic carbocycles. The fraction of sp³-hybridized carbons (Fsp3) is 0.533. The van der Waals surface area contributed by atoms with Crippen LogP contribution in [0, 0.1) is 5.41 Å². The van der Waals surface area contributed by atoms with Crippen molar-refractivity contribution in [1.29, 1.82) is 0 Å². The summed E-state index contributed by atoms with van der Waals surface area (Å²) in [6.07, 6.45) is -0.401. The van der Waals surface area contributed by atoms with Crippen molar-refractivity contribution in [3.8, 4) is 0 Å². The first-order chi connectivity index (χ1) is 9.37. The van der Waals surface area contributed by atoms with Gasteiger partial charge in [-0.1, -0.05) is 30.3 Å². The fourth-order valence-electron chi connectivity index (χ4n) is 2.23. The molecule has 0 unspecified atom stereocenters. The molecule has 0 aliphatic heterocycles. The summed E-state index contributed by atoms with van der Waals surface area (Å²) in [6, 6.07) is 9.31. The van der Waals surface area contributed by atoms with Gasteiger partial charge in [-0.15, -0.1) is 0 Å². The highest BCUT2D eigenvalue weighted by molar-refractivity contribution is 5.91. The van der Waals surface area contributed by atoms with Crippen LogP contribution in [0.25, 0.3) is 0 Å². The molecule has 2 rings (SSSR count). The van der Waals surface area contributed by atoms with Crippen molar-refractivity contribution in [1.82, 2.24) is 4.90 Å². The van der Waals surface area contributed by atoms with E-state index in [0.29, 0.717) is 0 Å². The van der Waals surface area contributed by atoms with Crippen molar-refractivity contribution in [2.75, 3.05) is 27.2 Å². The zero-order valence-corrected chi connectivity index (χ0v) is 11.7. The maximum Gasteiger partial charge on any atom is 0.264 e. The lowest BCUT2D eigenvalue weighted by atomic mass is 10.0. The second kappa shape index (κ2) is 5.58. The summed E-state index contributed by atoms with van der Waals surface area (Å²) in [7, 11) is 3.38. The molecule has 5 heteroatoms. The minimum Gasteiger partial charge on any atom is -0.375 e. The lowest BCUT2D eigenvalue weighted by Gasteiger charge is -2.18. The number of hydrogen-bond acceptors (Lipinski definition) is 3. The van der Waals surface area contributed by atoms with Crippen LogP contribution in [0.2, 0.25) is 0 Å². The number of alkyl halides is 2. The highest BCUT2D eigenvalue weighted by Gasteiger charge is 2.75.